The highest BCUT2D eigenvalue weighted by Gasteiger charge is 2.60. The fraction of sp³-hybridized carbons (Fsp3) is 0.680. The van der Waals surface area contributed by atoms with Crippen LogP contribution in [0.2, 0.25) is 0 Å². The van der Waals surface area contributed by atoms with E-state index in [9.17, 15) is 19.5 Å². The molecule has 6 heterocycles. The largest absolute Gasteiger partial charge is 0.461 e. The van der Waals surface area contributed by atoms with Gasteiger partial charge in [-0.05, 0) is 104 Å². The third-order valence-electron chi connectivity index (χ3n) is 14.6. The second-order valence-corrected chi connectivity index (χ2v) is 19.3. The number of ketones is 1. The fourth-order valence-corrected chi connectivity index (χ4v) is 10.8. The van der Waals surface area contributed by atoms with Gasteiger partial charge in [-0.25, -0.2) is 9.78 Å². The maximum Gasteiger partial charge on any atom is 0.410 e. The van der Waals surface area contributed by atoms with Gasteiger partial charge in [0.05, 0.1) is 41.9 Å². The Labute approximate surface area is 390 Å². The highest BCUT2D eigenvalue weighted by Crippen LogP contribution is 2.44. The van der Waals surface area contributed by atoms with Crippen LogP contribution in [0.5, 0.6) is 0 Å². The molecule has 1 amide bonds. The minimum Gasteiger partial charge on any atom is -0.461 e. The van der Waals surface area contributed by atoms with Crippen LogP contribution in [0.4, 0.5) is 4.79 Å². The summed E-state index contributed by atoms with van der Waals surface area (Å²) in [7, 11) is 3.47. The number of esters is 2. The van der Waals surface area contributed by atoms with Crippen LogP contribution in [-0.2, 0) is 55.8 Å². The van der Waals surface area contributed by atoms with Crippen LogP contribution in [0.1, 0.15) is 100 Å². The van der Waals surface area contributed by atoms with Crippen molar-refractivity contribution in [2.24, 2.45) is 23.7 Å². The molecule has 6 rings (SSSR count). The lowest BCUT2D eigenvalue weighted by Crippen LogP contribution is -2.61. The van der Waals surface area contributed by atoms with E-state index in [0.717, 1.165) is 17.5 Å². The summed E-state index contributed by atoms with van der Waals surface area (Å²) in [6.45, 7) is 18.1. The number of aromatic nitrogens is 3. The lowest BCUT2D eigenvalue weighted by Gasteiger charge is -2.48. The van der Waals surface area contributed by atoms with Crippen molar-refractivity contribution >= 4 is 34.8 Å². The quantitative estimate of drug-likeness (QED) is 0.107. The van der Waals surface area contributed by atoms with Crippen LogP contribution in [-0.4, -0.2) is 141 Å². The topological polar surface area (TPSA) is 181 Å². The number of carbonyl (C=O) groups is 4. The SMILES string of the molecule is CC[C@H]1OC(=O)[C@H](C)[C@@H](OC(=O)Cc2ccccn2)[C@H](C)[C@@H](O[C@H]2O[C@@H](C)C[C@@H](N(C)CC)[C@@H]2O)[C@](C)(OC)C[C@@H](C)C(=O)[C@H](C)[C@H]2N(CCCCn3ccc4cccnc43)C(=O)O[C@]12C. The molecule has 3 aromatic heterocycles. The molecule has 0 unspecified atom stereocenters. The first-order chi connectivity index (χ1) is 31.4. The Morgan fingerprint density at radius 1 is 0.970 bits per heavy atom. The minimum absolute atomic E-state index is 0.125. The van der Waals surface area contributed by atoms with E-state index < -0.39 is 89.7 Å². The summed E-state index contributed by atoms with van der Waals surface area (Å²) in [5.74, 6) is -4.80. The van der Waals surface area contributed by atoms with Gasteiger partial charge in [-0.1, -0.05) is 40.7 Å². The molecule has 3 aromatic rings. The first-order valence-electron chi connectivity index (χ1n) is 23.8. The molecule has 0 bridgehead atoms. The maximum atomic E-state index is 15.0. The van der Waals surface area contributed by atoms with Gasteiger partial charge < -0.3 is 47.9 Å². The van der Waals surface area contributed by atoms with Crippen molar-refractivity contribution in [1.29, 1.82) is 0 Å². The number of rotatable bonds is 14. The number of hydrogen-bond donors (Lipinski definition) is 1. The van der Waals surface area contributed by atoms with Crippen molar-refractivity contribution in [1.82, 2.24) is 24.3 Å². The Morgan fingerprint density at radius 2 is 1.70 bits per heavy atom. The molecule has 66 heavy (non-hydrogen) atoms. The van der Waals surface area contributed by atoms with Crippen LogP contribution in [0, 0.1) is 23.7 Å². The summed E-state index contributed by atoms with van der Waals surface area (Å²) in [5.41, 5.74) is -1.36. The summed E-state index contributed by atoms with van der Waals surface area (Å²) in [5, 5.41) is 12.9. The molecule has 3 saturated heterocycles. The van der Waals surface area contributed by atoms with Crippen LogP contribution >= 0.6 is 0 Å². The number of amides is 1. The molecule has 364 valence electrons. The molecule has 0 radical (unpaired) electrons. The van der Waals surface area contributed by atoms with Gasteiger partial charge in [0.2, 0.25) is 0 Å². The van der Waals surface area contributed by atoms with E-state index in [2.05, 4.69) is 19.4 Å². The van der Waals surface area contributed by atoms with E-state index in [1.54, 1.807) is 56.3 Å². The van der Waals surface area contributed by atoms with Crippen molar-refractivity contribution < 1.29 is 52.7 Å². The molecule has 0 aromatic carbocycles. The normalized spacial score (nSPS) is 34.7. The minimum atomic E-state index is -1.43. The predicted octanol–water partition coefficient (Wildman–Crippen LogP) is 6.39. The molecule has 0 aliphatic carbocycles. The summed E-state index contributed by atoms with van der Waals surface area (Å²) in [4.78, 5) is 70.3. The van der Waals surface area contributed by atoms with Gasteiger partial charge in [0.1, 0.15) is 29.7 Å². The standard InChI is InChI=1S/C50H73N5O11/c1-12-38-50(9)43(55(48(60)66-50)25-17-16-24-54-26-21-35-19-18-23-52-45(35)54)32(5)40(57)30(3)29-49(8,61-11)44(65-47-41(58)37(53(10)13-2)27-31(4)62-47)33(6)42(34(7)46(59)63-38)64-39(56)28-36-20-14-15-22-51-36/h14-15,18-23,26,30-34,37-38,41-44,47,58H,12-13,16-17,24-25,27-29H2,1-11H3/t30-,31+,32+,33+,34-,37-,38-,41+,42+,43-,44-,47-,49-,50-/m1/s1. The van der Waals surface area contributed by atoms with Gasteiger partial charge in [0.15, 0.2) is 11.9 Å². The molecule has 3 aliphatic heterocycles. The summed E-state index contributed by atoms with van der Waals surface area (Å²) in [6, 6.07) is 10.1. The number of nitrogens with zero attached hydrogens (tertiary/aromatic N) is 5. The van der Waals surface area contributed by atoms with Crippen LogP contribution < -0.4 is 0 Å². The number of ether oxygens (including phenoxy) is 6. The molecular weight excluding hydrogens is 847 g/mol. The first kappa shape index (κ1) is 50.9. The fourth-order valence-electron chi connectivity index (χ4n) is 10.8. The third-order valence-corrected chi connectivity index (χ3v) is 14.6. The van der Waals surface area contributed by atoms with Gasteiger partial charge in [0, 0.05) is 68.0 Å². The number of carbonyl (C=O) groups excluding carboxylic acids is 4. The average Bonchev–Trinajstić information content (AvgIpc) is 3.83. The van der Waals surface area contributed by atoms with E-state index in [1.165, 1.54) is 7.11 Å². The second kappa shape index (κ2) is 21.6. The van der Waals surface area contributed by atoms with Gasteiger partial charge in [-0.15, -0.1) is 0 Å². The van der Waals surface area contributed by atoms with Gasteiger partial charge >= 0.3 is 18.0 Å². The maximum absolute atomic E-state index is 15.0. The van der Waals surface area contributed by atoms with Crippen molar-refractivity contribution in [3.8, 4) is 0 Å². The Hall–Kier alpha value is -4.48. The Morgan fingerprint density at radius 3 is 2.38 bits per heavy atom. The van der Waals surface area contributed by atoms with Crippen molar-refractivity contribution in [3.05, 3.63) is 60.7 Å². The zero-order valence-corrected chi connectivity index (χ0v) is 40.8. The molecule has 3 fully saturated rings. The van der Waals surface area contributed by atoms with E-state index in [0.29, 0.717) is 38.2 Å². The van der Waals surface area contributed by atoms with Crippen molar-refractivity contribution in [3.63, 3.8) is 0 Å². The number of methoxy groups -OCH3 is 1. The van der Waals surface area contributed by atoms with Gasteiger partial charge in [-0.2, -0.15) is 0 Å². The smallest absolute Gasteiger partial charge is 0.410 e. The summed E-state index contributed by atoms with van der Waals surface area (Å²) >= 11 is 0. The van der Waals surface area contributed by atoms with Crippen LogP contribution in [0.25, 0.3) is 11.0 Å². The average molecular weight is 920 g/mol. The van der Waals surface area contributed by atoms with Crippen LogP contribution in [0.3, 0.4) is 0 Å². The number of hydrogen-bond acceptors (Lipinski definition) is 14. The number of Topliss-reactive ketones (excluding diaryl/α,β-unsaturated/α-hetero) is 1. The summed E-state index contributed by atoms with van der Waals surface area (Å²) in [6.07, 6.45) is 1.18. The molecule has 0 saturated carbocycles. The van der Waals surface area contributed by atoms with Gasteiger partial charge in [-0.3, -0.25) is 19.4 Å². The Kier molecular flexibility index (Phi) is 16.7. The Bertz CT molecular complexity index is 2120. The third kappa shape index (κ3) is 10.8. The molecule has 1 N–H and O–H groups in total. The molecule has 16 heteroatoms. The number of unbranched alkanes of at least 4 members (excludes halogenated alkanes) is 1. The monoisotopic (exact) mass is 920 g/mol. The lowest BCUT2D eigenvalue weighted by molar-refractivity contribution is -0.302. The van der Waals surface area contributed by atoms with Crippen molar-refractivity contribution in [2.45, 2.75) is 167 Å². The molecule has 14 atom stereocenters. The predicted molar refractivity (Wildman–Crippen MR) is 246 cm³/mol. The lowest BCUT2D eigenvalue weighted by atomic mass is 9.73. The zero-order chi connectivity index (χ0) is 48.1. The first-order valence-corrected chi connectivity index (χ1v) is 23.8. The van der Waals surface area contributed by atoms with Crippen molar-refractivity contribution in [2.75, 3.05) is 27.2 Å². The number of aliphatic hydroxyl groups is 1. The van der Waals surface area contributed by atoms with E-state index in [4.69, 9.17) is 28.4 Å². The number of aliphatic hydroxyl groups excluding tert-OH is 1. The second-order valence-electron chi connectivity index (χ2n) is 19.3. The van der Waals surface area contributed by atoms with Gasteiger partial charge in [0.25, 0.3) is 0 Å². The number of pyridine rings is 2. The molecule has 3 aliphatic rings. The zero-order valence-electron chi connectivity index (χ0n) is 40.8. The van der Waals surface area contributed by atoms with E-state index in [1.807, 2.05) is 73.0 Å². The Balaban J connectivity index is 1.37. The van der Waals surface area contributed by atoms with Crippen LogP contribution in [0.15, 0.2) is 55.0 Å². The van der Waals surface area contributed by atoms with E-state index >= 15 is 4.79 Å². The summed E-state index contributed by atoms with van der Waals surface area (Å²) < 4.78 is 40.8. The molecular formula is C50H73N5O11. The molecule has 0 spiro atoms. The number of cyclic esters (lactones) is 1. The number of aryl methyl sites for hydroxylation is 1. The number of fused-ring (bicyclic) bond motifs is 2. The van der Waals surface area contributed by atoms with E-state index in [-0.39, 0.29) is 37.2 Å². The number of likely N-dealkylation sites (N-methyl/N-ethyl adjacent to an activating group) is 1. The molecule has 16 nitrogen and oxygen atoms in total. The highest BCUT2D eigenvalue weighted by atomic mass is 16.7. The highest BCUT2D eigenvalue weighted by molar-refractivity contribution is 5.85.